The number of amides is 1. The van der Waals surface area contributed by atoms with Crippen molar-refractivity contribution in [2.45, 2.75) is 13.3 Å². The number of carbonyl (C=O) groups excluding carboxylic acids is 1. The molecule has 5 rings (SSSR count). The molecule has 0 aliphatic heterocycles. The van der Waals surface area contributed by atoms with Crippen molar-refractivity contribution in [1.82, 2.24) is 19.8 Å². The number of anilines is 1. The highest BCUT2D eigenvalue weighted by Gasteiger charge is 2.17. The zero-order chi connectivity index (χ0) is 24.4. The number of benzene rings is 2. The van der Waals surface area contributed by atoms with Crippen LogP contribution in [0, 0.1) is 10.1 Å². The third-order valence-corrected chi connectivity index (χ3v) is 6.09. The van der Waals surface area contributed by atoms with Crippen LogP contribution in [0.15, 0.2) is 71.2 Å². The molecule has 3 aromatic heterocycles. The van der Waals surface area contributed by atoms with Crippen molar-refractivity contribution in [2.75, 3.05) is 5.32 Å². The van der Waals surface area contributed by atoms with Crippen molar-refractivity contribution in [3.05, 3.63) is 88.4 Å². The van der Waals surface area contributed by atoms with E-state index in [-0.39, 0.29) is 11.6 Å². The molecule has 0 spiro atoms. The fraction of sp³-hybridized carbons (Fsp3) is 0.0833. The van der Waals surface area contributed by atoms with Crippen LogP contribution in [0.3, 0.4) is 0 Å². The summed E-state index contributed by atoms with van der Waals surface area (Å²) in [4.78, 5) is 24.0. The van der Waals surface area contributed by atoms with E-state index in [2.05, 4.69) is 20.6 Å². The van der Waals surface area contributed by atoms with E-state index in [1.807, 2.05) is 25.1 Å². The summed E-state index contributed by atoms with van der Waals surface area (Å²) in [6.45, 7) is 1.99. The lowest BCUT2D eigenvalue weighted by Gasteiger charge is -2.03. The lowest BCUT2D eigenvalue weighted by atomic mass is 10.1. The van der Waals surface area contributed by atoms with Gasteiger partial charge in [-0.05, 0) is 36.4 Å². The summed E-state index contributed by atoms with van der Waals surface area (Å²) in [6, 6.07) is 17.0. The Morgan fingerprint density at radius 1 is 1.17 bits per heavy atom. The van der Waals surface area contributed by atoms with Crippen LogP contribution in [0.4, 0.5) is 11.4 Å². The average molecular weight is 487 g/mol. The molecule has 0 saturated heterocycles. The van der Waals surface area contributed by atoms with Crippen molar-refractivity contribution in [1.29, 1.82) is 0 Å². The number of aromatic nitrogens is 4. The van der Waals surface area contributed by atoms with Crippen LogP contribution in [0.5, 0.6) is 0 Å². The maximum atomic E-state index is 12.5. The molecule has 0 aliphatic carbocycles. The number of nitrogens with one attached hydrogen (secondary N) is 1. The first-order valence-corrected chi connectivity index (χ1v) is 11.5. The molecule has 1 N–H and O–H groups in total. The summed E-state index contributed by atoms with van der Waals surface area (Å²) < 4.78 is 7.42. The molecule has 5 aromatic rings. The third-order valence-electron chi connectivity index (χ3n) is 5.14. The van der Waals surface area contributed by atoms with Crippen LogP contribution in [-0.2, 0) is 11.2 Å². The summed E-state index contributed by atoms with van der Waals surface area (Å²) in [5.41, 5.74) is 1.78. The molecule has 0 radical (unpaired) electrons. The lowest BCUT2D eigenvalue weighted by Crippen LogP contribution is -2.07. The van der Waals surface area contributed by atoms with Gasteiger partial charge in [0.2, 0.25) is 10.9 Å². The zero-order valence-corrected chi connectivity index (χ0v) is 19.2. The Morgan fingerprint density at radius 3 is 2.86 bits per heavy atom. The van der Waals surface area contributed by atoms with Crippen molar-refractivity contribution in [2.24, 2.45) is 0 Å². The predicted octanol–water partition coefficient (Wildman–Crippen LogP) is 5.24. The van der Waals surface area contributed by atoms with Crippen LogP contribution >= 0.6 is 11.3 Å². The number of nitro benzene ring substituents is 1. The van der Waals surface area contributed by atoms with Crippen LogP contribution in [-0.4, -0.2) is 30.6 Å². The molecule has 11 heteroatoms. The number of para-hydroxylation sites is 1. The van der Waals surface area contributed by atoms with E-state index in [1.54, 1.807) is 40.9 Å². The number of fused-ring (bicyclic) bond motifs is 1. The van der Waals surface area contributed by atoms with Crippen LogP contribution < -0.4 is 5.32 Å². The van der Waals surface area contributed by atoms with Gasteiger partial charge in [-0.2, -0.15) is 9.61 Å². The highest BCUT2D eigenvalue weighted by atomic mass is 32.1. The van der Waals surface area contributed by atoms with Gasteiger partial charge in [0.1, 0.15) is 16.5 Å². The SMILES string of the molecule is CCc1nnc2sc(-c3cccc(NC(=O)/C=C/c4ccc(-c5ccccc5[N+](=O)[O-])o4)c3)nn12. The molecule has 0 unspecified atom stereocenters. The van der Waals surface area contributed by atoms with Crippen LogP contribution in [0.1, 0.15) is 18.5 Å². The number of rotatable bonds is 7. The predicted molar refractivity (Wildman–Crippen MR) is 132 cm³/mol. The molecule has 2 aromatic carbocycles. The van der Waals surface area contributed by atoms with Crippen LogP contribution in [0.2, 0.25) is 0 Å². The minimum atomic E-state index is -0.460. The molecular weight excluding hydrogens is 468 g/mol. The van der Waals surface area contributed by atoms with Gasteiger partial charge in [-0.25, -0.2) is 0 Å². The smallest absolute Gasteiger partial charge is 0.280 e. The summed E-state index contributed by atoms with van der Waals surface area (Å²) in [5, 5.41) is 27.7. The highest BCUT2D eigenvalue weighted by Crippen LogP contribution is 2.31. The standard InChI is InChI=1S/C24H18N6O4S/c1-2-21-26-27-24-29(21)28-23(35-24)15-6-5-7-16(14-15)25-22(31)13-11-17-10-12-20(34-17)18-8-3-4-9-19(18)30(32)33/h3-14H,2H2,1H3,(H,25,31)/b13-11+. The first-order chi connectivity index (χ1) is 17.0. The van der Waals surface area contributed by atoms with E-state index in [9.17, 15) is 14.9 Å². The summed E-state index contributed by atoms with van der Waals surface area (Å²) in [7, 11) is 0. The Kier molecular flexibility index (Phi) is 5.90. The molecule has 0 atom stereocenters. The Labute approximate surface area is 202 Å². The van der Waals surface area contributed by atoms with Gasteiger partial charge < -0.3 is 9.73 Å². The second kappa shape index (κ2) is 9.31. The van der Waals surface area contributed by atoms with Crippen molar-refractivity contribution in [3.8, 4) is 21.9 Å². The number of nitro groups is 1. The normalized spacial score (nSPS) is 11.3. The Hall–Kier alpha value is -4.64. The van der Waals surface area contributed by atoms with Gasteiger partial charge in [0.05, 0.1) is 10.5 Å². The maximum Gasteiger partial charge on any atom is 0.280 e. The molecule has 1 amide bonds. The summed E-state index contributed by atoms with van der Waals surface area (Å²) >= 11 is 1.42. The van der Waals surface area contributed by atoms with E-state index in [0.29, 0.717) is 27.7 Å². The number of aryl methyl sites for hydroxylation is 1. The summed E-state index contributed by atoms with van der Waals surface area (Å²) in [6.07, 6.45) is 3.57. The van der Waals surface area contributed by atoms with Crippen molar-refractivity contribution in [3.63, 3.8) is 0 Å². The largest absolute Gasteiger partial charge is 0.456 e. The molecule has 0 aliphatic rings. The fourth-order valence-corrected chi connectivity index (χ4v) is 4.35. The average Bonchev–Trinajstić information content (AvgIpc) is 3.59. The van der Waals surface area contributed by atoms with E-state index < -0.39 is 4.92 Å². The minimum absolute atomic E-state index is 0.0502. The molecule has 0 saturated carbocycles. The molecular formula is C24H18N6O4S. The molecule has 10 nitrogen and oxygen atoms in total. The maximum absolute atomic E-state index is 12.5. The second-order valence-corrected chi connectivity index (χ2v) is 8.41. The second-order valence-electron chi connectivity index (χ2n) is 7.45. The minimum Gasteiger partial charge on any atom is -0.456 e. The molecule has 0 bridgehead atoms. The lowest BCUT2D eigenvalue weighted by molar-refractivity contribution is -0.384. The van der Waals surface area contributed by atoms with Gasteiger partial charge in [0.15, 0.2) is 5.82 Å². The van der Waals surface area contributed by atoms with Crippen molar-refractivity contribution < 1.29 is 14.1 Å². The monoisotopic (exact) mass is 486 g/mol. The molecule has 3 heterocycles. The van der Waals surface area contributed by atoms with Gasteiger partial charge in [0, 0.05) is 29.8 Å². The number of nitrogens with zero attached hydrogens (tertiary/aromatic N) is 5. The Balaban J connectivity index is 1.29. The molecule has 174 valence electrons. The van der Waals surface area contributed by atoms with Gasteiger partial charge in [0.25, 0.3) is 5.69 Å². The number of carbonyl (C=O) groups is 1. The van der Waals surface area contributed by atoms with E-state index in [1.165, 1.54) is 29.6 Å². The quantitative estimate of drug-likeness (QED) is 0.189. The van der Waals surface area contributed by atoms with Crippen LogP contribution in [0.25, 0.3) is 32.9 Å². The highest BCUT2D eigenvalue weighted by molar-refractivity contribution is 7.19. The van der Waals surface area contributed by atoms with Gasteiger partial charge >= 0.3 is 0 Å². The topological polar surface area (TPSA) is 128 Å². The number of hydrogen-bond acceptors (Lipinski definition) is 8. The van der Waals surface area contributed by atoms with Crippen molar-refractivity contribution >= 4 is 39.7 Å². The number of furan rings is 1. The van der Waals surface area contributed by atoms with Gasteiger partial charge in [-0.1, -0.05) is 42.5 Å². The fourth-order valence-electron chi connectivity index (χ4n) is 3.49. The first-order valence-electron chi connectivity index (χ1n) is 10.7. The first kappa shape index (κ1) is 22.2. The van der Waals surface area contributed by atoms with E-state index in [4.69, 9.17) is 4.42 Å². The number of hydrogen-bond donors (Lipinski definition) is 1. The third kappa shape index (κ3) is 4.57. The van der Waals surface area contributed by atoms with E-state index >= 15 is 0 Å². The Morgan fingerprint density at radius 2 is 2.03 bits per heavy atom. The van der Waals surface area contributed by atoms with Gasteiger partial charge in [-0.15, -0.1) is 10.2 Å². The summed E-state index contributed by atoms with van der Waals surface area (Å²) in [5.74, 6) is 1.19. The van der Waals surface area contributed by atoms with Gasteiger partial charge in [-0.3, -0.25) is 14.9 Å². The molecule has 35 heavy (non-hydrogen) atoms. The van der Waals surface area contributed by atoms with E-state index in [0.717, 1.165) is 22.8 Å². The Bertz CT molecular complexity index is 1580. The molecule has 0 fully saturated rings. The zero-order valence-electron chi connectivity index (χ0n) is 18.4.